The van der Waals surface area contributed by atoms with Crippen molar-refractivity contribution in [3.63, 3.8) is 0 Å². The van der Waals surface area contributed by atoms with Gasteiger partial charge in [0, 0.05) is 17.6 Å². The maximum Gasteiger partial charge on any atom is 0.226 e. The Morgan fingerprint density at radius 1 is 1.37 bits per heavy atom. The molecule has 0 atom stereocenters. The van der Waals surface area contributed by atoms with Gasteiger partial charge in [-0.3, -0.25) is 4.79 Å². The number of hydrogen-bond acceptors (Lipinski definition) is 3. The third-order valence-electron chi connectivity index (χ3n) is 3.47. The SMILES string of the molecule is CCCOc1ccc(NC(=O)CC2(N)CCC2)cc1. The summed E-state index contributed by atoms with van der Waals surface area (Å²) >= 11 is 0. The standard InChI is InChI=1S/C15H22N2O2/c1-2-10-19-13-6-4-12(5-7-13)17-14(18)11-15(16)8-3-9-15/h4-7H,2-3,8-11,16H2,1H3,(H,17,18). The van der Waals surface area contributed by atoms with Crippen molar-refractivity contribution >= 4 is 11.6 Å². The van der Waals surface area contributed by atoms with Gasteiger partial charge < -0.3 is 15.8 Å². The predicted molar refractivity (Wildman–Crippen MR) is 76.2 cm³/mol. The number of carbonyl (C=O) groups excluding carboxylic acids is 1. The molecule has 0 heterocycles. The minimum atomic E-state index is -0.270. The largest absolute Gasteiger partial charge is 0.494 e. The number of hydrogen-bond donors (Lipinski definition) is 2. The summed E-state index contributed by atoms with van der Waals surface area (Å²) in [4.78, 5) is 11.9. The van der Waals surface area contributed by atoms with Crippen LogP contribution in [0.3, 0.4) is 0 Å². The molecule has 2 rings (SSSR count). The lowest BCUT2D eigenvalue weighted by Gasteiger charge is -2.37. The maximum absolute atomic E-state index is 11.9. The molecule has 1 aromatic rings. The molecule has 0 bridgehead atoms. The number of anilines is 1. The number of ether oxygens (including phenoxy) is 1. The van der Waals surface area contributed by atoms with Crippen LogP contribution in [-0.4, -0.2) is 18.1 Å². The Balaban J connectivity index is 1.83. The van der Waals surface area contributed by atoms with Crippen molar-refractivity contribution < 1.29 is 9.53 Å². The Hall–Kier alpha value is -1.55. The minimum Gasteiger partial charge on any atom is -0.494 e. The molecule has 1 aromatic carbocycles. The number of nitrogens with one attached hydrogen (secondary N) is 1. The molecule has 3 N–H and O–H groups in total. The first-order valence-corrected chi connectivity index (χ1v) is 6.93. The van der Waals surface area contributed by atoms with Crippen molar-refractivity contribution in [2.75, 3.05) is 11.9 Å². The van der Waals surface area contributed by atoms with Crippen LogP contribution >= 0.6 is 0 Å². The Labute approximate surface area is 114 Å². The topological polar surface area (TPSA) is 64.3 Å². The number of rotatable bonds is 6. The molecule has 0 aromatic heterocycles. The summed E-state index contributed by atoms with van der Waals surface area (Å²) in [7, 11) is 0. The molecule has 1 saturated carbocycles. The van der Waals surface area contributed by atoms with Crippen LogP contribution in [0.2, 0.25) is 0 Å². The number of amides is 1. The van der Waals surface area contributed by atoms with Gasteiger partial charge in [0.1, 0.15) is 5.75 Å². The van der Waals surface area contributed by atoms with Crippen LogP contribution in [0.4, 0.5) is 5.69 Å². The Morgan fingerprint density at radius 3 is 2.58 bits per heavy atom. The molecule has 1 aliphatic carbocycles. The van der Waals surface area contributed by atoms with Crippen LogP contribution in [0, 0.1) is 0 Å². The van der Waals surface area contributed by atoms with Gasteiger partial charge in [-0.2, -0.15) is 0 Å². The summed E-state index contributed by atoms with van der Waals surface area (Å²) in [5.74, 6) is 0.818. The molecule has 4 heteroatoms. The lowest BCUT2D eigenvalue weighted by Crippen LogP contribution is -2.48. The fraction of sp³-hybridized carbons (Fsp3) is 0.533. The van der Waals surface area contributed by atoms with E-state index in [2.05, 4.69) is 12.2 Å². The molecule has 104 valence electrons. The van der Waals surface area contributed by atoms with Gasteiger partial charge in [-0.15, -0.1) is 0 Å². The van der Waals surface area contributed by atoms with Crippen molar-refractivity contribution in [3.8, 4) is 5.75 Å². The number of carbonyl (C=O) groups is 1. The second-order valence-corrected chi connectivity index (χ2v) is 5.31. The lowest BCUT2D eigenvalue weighted by atomic mass is 9.75. The monoisotopic (exact) mass is 262 g/mol. The van der Waals surface area contributed by atoms with Crippen molar-refractivity contribution in [1.82, 2.24) is 0 Å². The first-order valence-electron chi connectivity index (χ1n) is 6.93. The Kier molecular flexibility index (Phi) is 4.43. The molecule has 1 aliphatic rings. The minimum absolute atomic E-state index is 0.00979. The molecule has 0 saturated heterocycles. The van der Waals surface area contributed by atoms with Crippen molar-refractivity contribution in [2.24, 2.45) is 5.73 Å². The number of nitrogens with two attached hydrogens (primary N) is 1. The summed E-state index contributed by atoms with van der Waals surface area (Å²) in [6.07, 6.45) is 4.42. The van der Waals surface area contributed by atoms with E-state index in [-0.39, 0.29) is 11.4 Å². The average molecular weight is 262 g/mol. The summed E-state index contributed by atoms with van der Waals surface area (Å²) in [5.41, 5.74) is 6.57. The van der Waals surface area contributed by atoms with Crippen molar-refractivity contribution in [2.45, 2.75) is 44.6 Å². The lowest BCUT2D eigenvalue weighted by molar-refractivity contribution is -0.118. The van der Waals surface area contributed by atoms with Gasteiger partial charge in [0.2, 0.25) is 5.91 Å². The van der Waals surface area contributed by atoms with E-state index in [1.807, 2.05) is 24.3 Å². The highest BCUT2D eigenvalue weighted by atomic mass is 16.5. The van der Waals surface area contributed by atoms with Crippen molar-refractivity contribution in [1.29, 1.82) is 0 Å². The Morgan fingerprint density at radius 2 is 2.05 bits per heavy atom. The Bertz CT molecular complexity index is 424. The molecule has 0 spiro atoms. The molecular weight excluding hydrogens is 240 g/mol. The van der Waals surface area contributed by atoms with Gasteiger partial charge >= 0.3 is 0 Å². The van der Waals surface area contributed by atoms with E-state index in [0.717, 1.165) is 37.1 Å². The molecule has 0 aliphatic heterocycles. The van der Waals surface area contributed by atoms with E-state index in [0.29, 0.717) is 13.0 Å². The summed E-state index contributed by atoms with van der Waals surface area (Å²) < 4.78 is 5.49. The van der Waals surface area contributed by atoms with Gasteiger partial charge in [-0.05, 0) is 49.9 Å². The van der Waals surface area contributed by atoms with Gasteiger partial charge in [0.25, 0.3) is 0 Å². The second-order valence-electron chi connectivity index (χ2n) is 5.31. The molecule has 1 fully saturated rings. The first kappa shape index (κ1) is 13.9. The average Bonchev–Trinajstić information content (AvgIpc) is 2.36. The zero-order chi connectivity index (χ0) is 13.7. The van der Waals surface area contributed by atoms with Crippen LogP contribution in [0.15, 0.2) is 24.3 Å². The third kappa shape index (κ3) is 3.96. The van der Waals surface area contributed by atoms with Crippen LogP contribution in [0.5, 0.6) is 5.75 Å². The summed E-state index contributed by atoms with van der Waals surface area (Å²) in [5, 5.41) is 2.88. The highest BCUT2D eigenvalue weighted by molar-refractivity contribution is 5.91. The predicted octanol–water partition coefficient (Wildman–Crippen LogP) is 2.69. The highest BCUT2D eigenvalue weighted by Gasteiger charge is 2.34. The van der Waals surface area contributed by atoms with Crippen LogP contribution in [0.1, 0.15) is 39.0 Å². The van der Waals surface area contributed by atoms with Crippen LogP contribution in [-0.2, 0) is 4.79 Å². The molecular formula is C15H22N2O2. The normalized spacial score (nSPS) is 16.5. The zero-order valence-corrected chi connectivity index (χ0v) is 11.4. The van der Waals surface area contributed by atoms with Gasteiger partial charge in [0.15, 0.2) is 0 Å². The smallest absolute Gasteiger partial charge is 0.226 e. The van der Waals surface area contributed by atoms with E-state index in [1.54, 1.807) is 0 Å². The molecule has 1 amide bonds. The molecule has 0 radical (unpaired) electrons. The summed E-state index contributed by atoms with van der Waals surface area (Å²) in [6.45, 7) is 2.78. The van der Waals surface area contributed by atoms with Crippen LogP contribution < -0.4 is 15.8 Å². The van der Waals surface area contributed by atoms with E-state index >= 15 is 0 Å². The van der Waals surface area contributed by atoms with Gasteiger partial charge in [-0.1, -0.05) is 6.92 Å². The molecule has 19 heavy (non-hydrogen) atoms. The van der Waals surface area contributed by atoms with E-state index < -0.39 is 0 Å². The summed E-state index contributed by atoms with van der Waals surface area (Å²) in [6, 6.07) is 7.44. The van der Waals surface area contributed by atoms with E-state index in [4.69, 9.17) is 10.5 Å². The van der Waals surface area contributed by atoms with Gasteiger partial charge in [-0.25, -0.2) is 0 Å². The zero-order valence-electron chi connectivity index (χ0n) is 11.4. The highest BCUT2D eigenvalue weighted by Crippen LogP contribution is 2.32. The van der Waals surface area contributed by atoms with Crippen molar-refractivity contribution in [3.05, 3.63) is 24.3 Å². The fourth-order valence-corrected chi connectivity index (χ4v) is 2.19. The fourth-order valence-electron chi connectivity index (χ4n) is 2.19. The van der Waals surface area contributed by atoms with E-state index in [1.165, 1.54) is 0 Å². The van der Waals surface area contributed by atoms with Crippen LogP contribution in [0.25, 0.3) is 0 Å². The van der Waals surface area contributed by atoms with Gasteiger partial charge in [0.05, 0.1) is 6.61 Å². The van der Waals surface area contributed by atoms with E-state index in [9.17, 15) is 4.79 Å². The molecule has 0 unspecified atom stereocenters. The third-order valence-corrected chi connectivity index (χ3v) is 3.47. The first-order chi connectivity index (χ1) is 9.11. The molecule has 4 nitrogen and oxygen atoms in total. The quantitative estimate of drug-likeness (QED) is 0.828. The second kappa shape index (κ2) is 6.06. The maximum atomic E-state index is 11.9. The number of benzene rings is 1.